The van der Waals surface area contributed by atoms with Gasteiger partial charge in [-0.25, -0.2) is 8.42 Å². The third-order valence-electron chi connectivity index (χ3n) is 3.51. The monoisotopic (exact) mass is 365 g/mol. The average molecular weight is 366 g/mol. The first-order valence-electron chi connectivity index (χ1n) is 6.79. The van der Waals surface area contributed by atoms with Gasteiger partial charge >= 0.3 is 0 Å². The fourth-order valence-electron chi connectivity index (χ4n) is 2.35. The number of hydrogen-bond donors (Lipinski definition) is 0. The second kappa shape index (κ2) is 6.04. The van der Waals surface area contributed by atoms with Gasteiger partial charge in [0.2, 0.25) is 0 Å². The highest BCUT2D eigenvalue weighted by Gasteiger charge is 2.10. The molecule has 0 saturated carbocycles. The zero-order valence-electron chi connectivity index (χ0n) is 12.2. The normalized spacial score (nSPS) is 11.6. The van der Waals surface area contributed by atoms with Gasteiger partial charge in [-0.3, -0.25) is 0 Å². The molecule has 118 valence electrons. The minimum atomic E-state index is -3.20. The molecule has 6 heteroatoms. The zero-order valence-corrected chi connectivity index (χ0v) is 14.5. The topological polar surface area (TPSA) is 39.1 Å². The first-order valence-corrected chi connectivity index (χ1v) is 9.44. The third kappa shape index (κ3) is 3.29. The molecular weight excluding hydrogens is 353 g/mol. The van der Waals surface area contributed by atoms with Crippen LogP contribution in [-0.2, 0) is 9.84 Å². The molecule has 0 aliphatic carbocycles. The van der Waals surface area contributed by atoms with Gasteiger partial charge in [-0.15, -0.1) is 0 Å². The van der Waals surface area contributed by atoms with Crippen LogP contribution in [0.1, 0.15) is 0 Å². The maximum absolute atomic E-state index is 11.6. The predicted octanol–water partition coefficient (Wildman–Crippen LogP) is 4.85. The van der Waals surface area contributed by atoms with Gasteiger partial charge in [0.15, 0.2) is 9.84 Å². The Balaban J connectivity index is 2.05. The summed E-state index contributed by atoms with van der Waals surface area (Å²) in [6, 6.07) is 16.1. The summed E-state index contributed by atoms with van der Waals surface area (Å²) in [5.41, 5.74) is 2.73. The first-order chi connectivity index (χ1) is 10.9. The molecule has 3 nitrogen and oxygen atoms in total. The van der Waals surface area contributed by atoms with Crippen molar-refractivity contribution in [2.24, 2.45) is 0 Å². The molecule has 0 unspecified atom stereocenters. The molecule has 0 bridgehead atoms. The van der Waals surface area contributed by atoms with Crippen molar-refractivity contribution < 1.29 is 8.42 Å². The number of halogens is 2. The van der Waals surface area contributed by atoms with Gasteiger partial charge in [0, 0.05) is 18.1 Å². The van der Waals surface area contributed by atoms with Crippen LogP contribution >= 0.6 is 23.2 Å². The summed E-state index contributed by atoms with van der Waals surface area (Å²) in [7, 11) is -3.20. The van der Waals surface area contributed by atoms with Crippen molar-refractivity contribution in [1.82, 2.24) is 4.57 Å². The predicted molar refractivity (Wildman–Crippen MR) is 94.3 cm³/mol. The number of benzene rings is 2. The Hall–Kier alpha value is -1.75. The molecule has 0 aliphatic heterocycles. The molecule has 1 aromatic heterocycles. The molecule has 0 radical (unpaired) electrons. The molecule has 0 saturated heterocycles. The van der Waals surface area contributed by atoms with Gasteiger partial charge in [-0.1, -0.05) is 35.3 Å². The Morgan fingerprint density at radius 2 is 1.61 bits per heavy atom. The molecule has 3 rings (SSSR count). The van der Waals surface area contributed by atoms with E-state index in [0.29, 0.717) is 14.9 Å². The zero-order chi connectivity index (χ0) is 16.6. The highest BCUT2D eigenvalue weighted by Crippen LogP contribution is 2.29. The largest absolute Gasteiger partial charge is 0.317 e. The van der Waals surface area contributed by atoms with Crippen molar-refractivity contribution in [3.8, 4) is 16.9 Å². The van der Waals surface area contributed by atoms with Gasteiger partial charge in [0.25, 0.3) is 0 Å². The summed E-state index contributed by atoms with van der Waals surface area (Å²) in [6.45, 7) is 0. The van der Waals surface area contributed by atoms with Crippen molar-refractivity contribution in [1.29, 1.82) is 0 Å². The third-order valence-corrected chi connectivity index (χ3v) is 5.38. The van der Waals surface area contributed by atoms with Crippen molar-refractivity contribution in [2.75, 3.05) is 6.26 Å². The van der Waals surface area contributed by atoms with E-state index in [1.54, 1.807) is 36.4 Å². The molecule has 1 heterocycles. The number of hydrogen-bond acceptors (Lipinski definition) is 2. The van der Waals surface area contributed by atoms with Crippen LogP contribution in [0.25, 0.3) is 16.9 Å². The summed E-state index contributed by atoms with van der Waals surface area (Å²) in [5, 5.41) is 0.984. The summed E-state index contributed by atoms with van der Waals surface area (Å²) >= 11 is 12.0. The molecule has 2 aromatic carbocycles. The van der Waals surface area contributed by atoms with Crippen molar-refractivity contribution in [3.63, 3.8) is 0 Å². The van der Waals surface area contributed by atoms with Crippen LogP contribution in [0.15, 0.2) is 65.7 Å². The van der Waals surface area contributed by atoms with Crippen molar-refractivity contribution >= 4 is 33.0 Å². The minimum absolute atomic E-state index is 0.300. The lowest BCUT2D eigenvalue weighted by molar-refractivity contribution is 0.602. The van der Waals surface area contributed by atoms with E-state index in [1.165, 1.54) is 6.26 Å². The van der Waals surface area contributed by atoms with E-state index in [9.17, 15) is 8.42 Å². The second-order valence-electron chi connectivity index (χ2n) is 5.16. The van der Waals surface area contributed by atoms with Gasteiger partial charge in [0.1, 0.15) is 0 Å². The highest BCUT2D eigenvalue weighted by molar-refractivity contribution is 7.90. The molecule has 0 spiro atoms. The van der Waals surface area contributed by atoms with E-state index in [4.69, 9.17) is 23.2 Å². The standard InChI is InChI=1S/C17H13Cl2NO2S/c1-23(21,22)14-7-4-12(5-8-14)17-3-2-10-20(17)13-6-9-15(18)16(19)11-13/h2-11H,1H3. The fourth-order valence-corrected chi connectivity index (χ4v) is 3.27. The Kier molecular flexibility index (Phi) is 4.23. The molecular formula is C17H13Cl2NO2S. The van der Waals surface area contributed by atoms with E-state index in [2.05, 4.69) is 0 Å². The SMILES string of the molecule is CS(=O)(=O)c1ccc(-c2cccn2-c2ccc(Cl)c(Cl)c2)cc1. The average Bonchev–Trinajstić information content (AvgIpc) is 2.99. The van der Waals surface area contributed by atoms with Crippen LogP contribution in [0, 0.1) is 0 Å². The van der Waals surface area contributed by atoms with Gasteiger partial charge < -0.3 is 4.57 Å². The number of nitrogens with zero attached hydrogens (tertiary/aromatic N) is 1. The molecule has 23 heavy (non-hydrogen) atoms. The molecule has 0 amide bonds. The van der Waals surface area contributed by atoms with E-state index in [1.807, 2.05) is 29.0 Å². The fraction of sp³-hybridized carbons (Fsp3) is 0.0588. The van der Waals surface area contributed by atoms with E-state index >= 15 is 0 Å². The lowest BCUT2D eigenvalue weighted by Crippen LogP contribution is -1.98. The van der Waals surface area contributed by atoms with E-state index in [-0.39, 0.29) is 0 Å². The summed E-state index contributed by atoms with van der Waals surface area (Å²) in [5.74, 6) is 0. The quantitative estimate of drug-likeness (QED) is 0.664. The van der Waals surface area contributed by atoms with Crippen LogP contribution in [0.4, 0.5) is 0 Å². The van der Waals surface area contributed by atoms with E-state index in [0.717, 1.165) is 16.9 Å². The summed E-state index contributed by atoms with van der Waals surface area (Å²) < 4.78 is 25.1. The lowest BCUT2D eigenvalue weighted by atomic mass is 10.1. The molecule has 0 atom stereocenters. The van der Waals surface area contributed by atoms with Crippen LogP contribution in [-0.4, -0.2) is 19.2 Å². The molecule has 0 fully saturated rings. The van der Waals surface area contributed by atoms with Crippen molar-refractivity contribution in [2.45, 2.75) is 4.90 Å². The Labute approximate surface area is 145 Å². The van der Waals surface area contributed by atoms with Crippen molar-refractivity contribution in [3.05, 3.63) is 70.8 Å². The van der Waals surface area contributed by atoms with Crippen LogP contribution in [0.3, 0.4) is 0 Å². The molecule has 0 aliphatic rings. The van der Waals surface area contributed by atoms with E-state index < -0.39 is 9.84 Å². The van der Waals surface area contributed by atoms with Crippen LogP contribution in [0.2, 0.25) is 10.0 Å². The van der Waals surface area contributed by atoms with Gasteiger partial charge in [-0.2, -0.15) is 0 Å². The maximum Gasteiger partial charge on any atom is 0.175 e. The second-order valence-corrected chi connectivity index (χ2v) is 7.99. The Morgan fingerprint density at radius 3 is 2.22 bits per heavy atom. The summed E-state index contributed by atoms with van der Waals surface area (Å²) in [4.78, 5) is 0.300. The molecule has 3 aromatic rings. The van der Waals surface area contributed by atoms with Gasteiger partial charge in [-0.05, 0) is 48.0 Å². The smallest absolute Gasteiger partial charge is 0.175 e. The lowest BCUT2D eigenvalue weighted by Gasteiger charge is -2.11. The summed E-state index contributed by atoms with van der Waals surface area (Å²) in [6.07, 6.45) is 3.11. The first kappa shape index (κ1) is 16.1. The van der Waals surface area contributed by atoms with Crippen LogP contribution in [0.5, 0.6) is 0 Å². The molecule has 0 N–H and O–H groups in total. The Morgan fingerprint density at radius 1 is 0.913 bits per heavy atom. The van der Waals surface area contributed by atoms with Crippen LogP contribution < -0.4 is 0 Å². The number of aromatic nitrogens is 1. The maximum atomic E-state index is 11.6. The number of rotatable bonds is 3. The Bertz CT molecular complexity index is 961. The number of sulfone groups is 1. The highest BCUT2D eigenvalue weighted by atomic mass is 35.5. The van der Waals surface area contributed by atoms with Gasteiger partial charge in [0.05, 0.1) is 20.6 Å². The minimum Gasteiger partial charge on any atom is -0.317 e.